The van der Waals surface area contributed by atoms with Crippen molar-refractivity contribution in [2.24, 2.45) is 5.92 Å². The third-order valence-electron chi connectivity index (χ3n) is 2.76. The Hall–Kier alpha value is -1.26. The van der Waals surface area contributed by atoms with Crippen molar-refractivity contribution in [3.05, 3.63) is 0 Å². The fraction of sp³-hybridized carbons (Fsp3) is 0.800. The van der Waals surface area contributed by atoms with Gasteiger partial charge in [0.05, 0.1) is 6.42 Å². The summed E-state index contributed by atoms with van der Waals surface area (Å²) in [4.78, 5) is 23.2. The number of nitrogens with one attached hydrogen (secondary N) is 1. The molecule has 2 N–H and O–H groups in total. The Kier molecular flexibility index (Phi) is 3.94. The lowest BCUT2D eigenvalue weighted by atomic mass is 10.3. The number of hydrogen-bond acceptors (Lipinski definition) is 2. The van der Waals surface area contributed by atoms with Gasteiger partial charge in [-0.25, -0.2) is 4.79 Å². The highest BCUT2D eigenvalue weighted by molar-refractivity contribution is 5.75. The number of nitrogens with zero attached hydrogens (tertiary/aromatic N) is 1. The fourth-order valence-electron chi connectivity index (χ4n) is 1.51. The first kappa shape index (κ1) is 11.8. The summed E-state index contributed by atoms with van der Waals surface area (Å²) in [5.74, 6) is -0.269. The van der Waals surface area contributed by atoms with Crippen molar-refractivity contribution in [1.29, 1.82) is 0 Å². The lowest BCUT2D eigenvalue weighted by molar-refractivity contribution is -0.137. The lowest BCUT2D eigenvalue weighted by Crippen LogP contribution is -2.39. The summed E-state index contributed by atoms with van der Waals surface area (Å²) in [6.07, 6.45) is 2.13. The van der Waals surface area contributed by atoms with Gasteiger partial charge >= 0.3 is 12.0 Å². The predicted octanol–water partition coefficient (Wildman–Crippen LogP) is 0.901. The van der Waals surface area contributed by atoms with Crippen LogP contribution in [0.25, 0.3) is 0 Å². The Labute approximate surface area is 89.4 Å². The van der Waals surface area contributed by atoms with E-state index in [1.54, 1.807) is 7.05 Å². The standard InChI is InChI=1S/C10H18N2O3/c1-3-7-6-8(7)11-10(15)12(2)5-4-9(13)14/h7-8H,3-6H2,1-2H3,(H,11,15)(H,13,14). The maximum absolute atomic E-state index is 11.5. The van der Waals surface area contributed by atoms with E-state index in [1.165, 1.54) is 4.90 Å². The van der Waals surface area contributed by atoms with Gasteiger partial charge in [0.2, 0.25) is 0 Å². The number of urea groups is 1. The number of hydrogen-bond donors (Lipinski definition) is 2. The van der Waals surface area contributed by atoms with Crippen molar-refractivity contribution in [2.45, 2.75) is 32.2 Å². The van der Waals surface area contributed by atoms with E-state index in [2.05, 4.69) is 12.2 Å². The number of carbonyl (C=O) groups is 2. The predicted molar refractivity (Wildman–Crippen MR) is 55.6 cm³/mol. The number of amides is 2. The molecule has 15 heavy (non-hydrogen) atoms. The van der Waals surface area contributed by atoms with Gasteiger partial charge in [0.1, 0.15) is 0 Å². The minimum absolute atomic E-state index is 0.00814. The molecule has 0 aromatic heterocycles. The van der Waals surface area contributed by atoms with Gasteiger partial charge in [0.15, 0.2) is 0 Å². The van der Waals surface area contributed by atoms with Crippen LogP contribution in [0.3, 0.4) is 0 Å². The first-order chi connectivity index (χ1) is 7.04. The van der Waals surface area contributed by atoms with E-state index in [0.29, 0.717) is 12.0 Å². The van der Waals surface area contributed by atoms with Crippen molar-refractivity contribution in [3.8, 4) is 0 Å². The molecule has 2 atom stereocenters. The molecule has 0 spiro atoms. The van der Waals surface area contributed by atoms with Crippen LogP contribution in [0.15, 0.2) is 0 Å². The molecule has 1 aliphatic rings. The van der Waals surface area contributed by atoms with Gasteiger partial charge in [-0.2, -0.15) is 0 Å². The number of aliphatic carboxylic acids is 1. The number of carboxylic acids is 1. The van der Waals surface area contributed by atoms with Gasteiger partial charge in [-0.3, -0.25) is 4.79 Å². The lowest BCUT2D eigenvalue weighted by Gasteiger charge is -2.16. The molecule has 0 aromatic rings. The topological polar surface area (TPSA) is 69.6 Å². The Balaban J connectivity index is 2.19. The van der Waals surface area contributed by atoms with E-state index >= 15 is 0 Å². The van der Waals surface area contributed by atoms with Gasteiger partial charge in [0.25, 0.3) is 0 Å². The first-order valence-corrected chi connectivity index (χ1v) is 5.28. The number of carbonyl (C=O) groups excluding carboxylic acids is 1. The average molecular weight is 214 g/mol. The van der Waals surface area contributed by atoms with Crippen LogP contribution in [0, 0.1) is 5.92 Å². The Bertz CT molecular complexity index is 255. The van der Waals surface area contributed by atoms with E-state index < -0.39 is 5.97 Å². The largest absolute Gasteiger partial charge is 0.481 e. The SMILES string of the molecule is CCC1CC1NC(=O)N(C)CCC(=O)O. The van der Waals surface area contributed by atoms with Crippen LogP contribution in [-0.4, -0.2) is 41.6 Å². The monoisotopic (exact) mass is 214 g/mol. The average Bonchev–Trinajstić information content (AvgIpc) is 2.92. The summed E-state index contributed by atoms with van der Waals surface area (Å²) in [6, 6.07) is 0.131. The van der Waals surface area contributed by atoms with Crippen LogP contribution in [0.5, 0.6) is 0 Å². The van der Waals surface area contributed by atoms with Gasteiger partial charge in [-0.05, 0) is 12.3 Å². The van der Waals surface area contributed by atoms with Gasteiger partial charge in [-0.1, -0.05) is 13.3 Å². The Morgan fingerprint density at radius 2 is 2.20 bits per heavy atom. The second-order valence-corrected chi connectivity index (χ2v) is 4.03. The molecular weight excluding hydrogens is 196 g/mol. The molecule has 1 saturated carbocycles. The smallest absolute Gasteiger partial charge is 0.317 e. The van der Waals surface area contributed by atoms with Crippen molar-refractivity contribution in [1.82, 2.24) is 10.2 Å². The van der Waals surface area contributed by atoms with Crippen molar-refractivity contribution >= 4 is 12.0 Å². The fourth-order valence-corrected chi connectivity index (χ4v) is 1.51. The van der Waals surface area contributed by atoms with E-state index in [-0.39, 0.29) is 19.0 Å². The molecule has 1 rings (SSSR count). The molecule has 0 aromatic carbocycles. The van der Waals surface area contributed by atoms with Gasteiger partial charge in [0, 0.05) is 19.6 Å². The number of carboxylic acid groups (broad SMARTS) is 1. The molecular formula is C10H18N2O3. The summed E-state index contributed by atoms with van der Waals surface area (Å²) in [5.41, 5.74) is 0. The first-order valence-electron chi connectivity index (χ1n) is 5.28. The Morgan fingerprint density at radius 3 is 2.67 bits per heavy atom. The maximum atomic E-state index is 11.5. The molecule has 1 aliphatic carbocycles. The van der Waals surface area contributed by atoms with Crippen LogP contribution in [-0.2, 0) is 4.79 Å². The second kappa shape index (κ2) is 5.00. The molecule has 0 radical (unpaired) electrons. The van der Waals surface area contributed by atoms with E-state index in [4.69, 9.17) is 5.11 Å². The van der Waals surface area contributed by atoms with Gasteiger partial charge < -0.3 is 15.3 Å². The zero-order valence-corrected chi connectivity index (χ0v) is 9.19. The van der Waals surface area contributed by atoms with E-state index in [1.807, 2.05) is 0 Å². The highest BCUT2D eigenvalue weighted by Gasteiger charge is 2.36. The number of rotatable bonds is 5. The summed E-state index contributed by atoms with van der Waals surface area (Å²) in [6.45, 7) is 2.36. The quantitative estimate of drug-likeness (QED) is 0.714. The molecule has 5 nitrogen and oxygen atoms in total. The van der Waals surface area contributed by atoms with Crippen molar-refractivity contribution < 1.29 is 14.7 Å². The molecule has 0 bridgehead atoms. The Morgan fingerprint density at radius 1 is 1.53 bits per heavy atom. The van der Waals surface area contributed by atoms with Crippen LogP contribution in [0.2, 0.25) is 0 Å². The normalized spacial score (nSPS) is 23.3. The highest BCUT2D eigenvalue weighted by Crippen LogP contribution is 2.33. The summed E-state index contributed by atoms with van der Waals surface area (Å²) >= 11 is 0. The highest BCUT2D eigenvalue weighted by atomic mass is 16.4. The molecule has 0 heterocycles. The zero-order chi connectivity index (χ0) is 11.4. The summed E-state index contributed by atoms with van der Waals surface area (Å²) in [5, 5.41) is 11.3. The van der Waals surface area contributed by atoms with Crippen LogP contribution < -0.4 is 5.32 Å². The molecule has 2 unspecified atom stereocenters. The third-order valence-corrected chi connectivity index (χ3v) is 2.76. The van der Waals surface area contributed by atoms with Crippen molar-refractivity contribution in [3.63, 3.8) is 0 Å². The third kappa shape index (κ3) is 3.77. The van der Waals surface area contributed by atoms with E-state index in [9.17, 15) is 9.59 Å². The van der Waals surface area contributed by atoms with Crippen LogP contribution in [0.1, 0.15) is 26.2 Å². The van der Waals surface area contributed by atoms with Crippen LogP contribution in [0.4, 0.5) is 4.79 Å². The molecule has 86 valence electrons. The maximum Gasteiger partial charge on any atom is 0.317 e. The minimum atomic E-state index is -0.882. The zero-order valence-electron chi connectivity index (χ0n) is 9.19. The summed E-state index contributed by atoms with van der Waals surface area (Å²) < 4.78 is 0. The van der Waals surface area contributed by atoms with Gasteiger partial charge in [-0.15, -0.1) is 0 Å². The second-order valence-electron chi connectivity index (χ2n) is 4.03. The molecule has 5 heteroatoms. The molecule has 0 aliphatic heterocycles. The minimum Gasteiger partial charge on any atom is -0.481 e. The van der Waals surface area contributed by atoms with E-state index in [0.717, 1.165) is 12.8 Å². The molecule has 1 fully saturated rings. The van der Waals surface area contributed by atoms with Crippen molar-refractivity contribution in [2.75, 3.05) is 13.6 Å². The van der Waals surface area contributed by atoms with Crippen LogP contribution >= 0.6 is 0 Å². The molecule has 0 saturated heterocycles. The molecule has 2 amide bonds. The summed E-state index contributed by atoms with van der Waals surface area (Å²) in [7, 11) is 1.61.